The van der Waals surface area contributed by atoms with Crippen LogP contribution in [0, 0.1) is 24.7 Å². The van der Waals surface area contributed by atoms with Gasteiger partial charge in [0.05, 0.1) is 11.7 Å². The summed E-state index contributed by atoms with van der Waals surface area (Å²) < 4.78 is 8.48. The van der Waals surface area contributed by atoms with Gasteiger partial charge in [-0.3, -0.25) is 0 Å². The zero-order valence-corrected chi connectivity index (χ0v) is 14.6. The van der Waals surface area contributed by atoms with Crippen molar-refractivity contribution >= 4 is 22.8 Å². The van der Waals surface area contributed by atoms with Crippen LogP contribution in [0.3, 0.4) is 0 Å². The highest BCUT2D eigenvalue weighted by Gasteiger charge is 2.03. The van der Waals surface area contributed by atoms with Gasteiger partial charge in [0.15, 0.2) is 0 Å². The number of benzene rings is 2. The second kappa shape index (κ2) is 6.93. The maximum absolute atomic E-state index is 4.26. The van der Waals surface area contributed by atoms with Gasteiger partial charge in [-0.2, -0.15) is 8.75 Å². The second-order valence-corrected chi connectivity index (χ2v) is 6.61. The minimum absolute atomic E-state index is 0.727. The maximum atomic E-state index is 4.26. The first kappa shape index (κ1) is 15.7. The van der Waals surface area contributed by atoms with Gasteiger partial charge < -0.3 is 0 Å². The van der Waals surface area contributed by atoms with Crippen molar-refractivity contribution in [3.8, 4) is 11.8 Å². The van der Waals surface area contributed by atoms with Crippen LogP contribution in [0.4, 0.5) is 0 Å². The molecule has 0 aliphatic carbocycles. The topological polar surface area (TPSA) is 25.8 Å². The predicted octanol–water partition coefficient (Wildman–Crippen LogP) is 4.99. The molecule has 0 aliphatic rings. The molecule has 2 nitrogen and oxygen atoms in total. The molecule has 1 heterocycles. The van der Waals surface area contributed by atoms with Gasteiger partial charge in [0.2, 0.25) is 0 Å². The van der Waals surface area contributed by atoms with Gasteiger partial charge in [-0.25, -0.2) is 0 Å². The molecule has 0 amide bonds. The molecule has 3 heteroatoms. The molecular formula is C20H20N2S. The average molecular weight is 320 g/mol. The Labute approximate surface area is 141 Å². The molecule has 0 spiro atoms. The molecule has 1 unspecified atom stereocenters. The van der Waals surface area contributed by atoms with E-state index in [4.69, 9.17) is 0 Å². The molecule has 1 atom stereocenters. The first-order valence-electron chi connectivity index (χ1n) is 7.99. The number of rotatable bonds is 3. The maximum Gasteiger partial charge on any atom is 0.106 e. The minimum atomic E-state index is 0.727. The van der Waals surface area contributed by atoms with E-state index < -0.39 is 0 Å². The molecule has 3 aromatic rings. The van der Waals surface area contributed by atoms with Crippen molar-refractivity contribution in [1.82, 2.24) is 8.75 Å². The number of hydrogen-bond acceptors (Lipinski definition) is 3. The molecule has 2 aromatic carbocycles. The molecule has 0 radical (unpaired) electrons. The predicted molar refractivity (Wildman–Crippen MR) is 97.7 cm³/mol. The molecule has 0 bridgehead atoms. The number of hydrogen-bond donors (Lipinski definition) is 0. The average Bonchev–Trinajstić information content (AvgIpc) is 3.01. The Morgan fingerprint density at radius 1 is 1.04 bits per heavy atom. The van der Waals surface area contributed by atoms with Crippen molar-refractivity contribution in [2.24, 2.45) is 5.92 Å². The SMILES string of the molecule is CCC(C)Cc1ccc(C#Cc2ccc3nsnc3c2)c(C)c1. The summed E-state index contributed by atoms with van der Waals surface area (Å²) in [5, 5.41) is 0. The Hall–Kier alpha value is -2.18. The Morgan fingerprint density at radius 3 is 2.65 bits per heavy atom. The number of fused-ring (bicyclic) bond motifs is 1. The lowest BCUT2D eigenvalue weighted by Crippen LogP contribution is -1.98. The first-order chi connectivity index (χ1) is 11.2. The monoisotopic (exact) mass is 320 g/mol. The van der Waals surface area contributed by atoms with Gasteiger partial charge in [-0.15, -0.1) is 0 Å². The first-order valence-corrected chi connectivity index (χ1v) is 8.72. The fourth-order valence-corrected chi connectivity index (χ4v) is 3.06. The molecule has 1 aromatic heterocycles. The Morgan fingerprint density at radius 2 is 1.87 bits per heavy atom. The van der Waals surface area contributed by atoms with Crippen LogP contribution >= 0.6 is 11.7 Å². The fraction of sp³-hybridized carbons (Fsp3) is 0.300. The van der Waals surface area contributed by atoms with Gasteiger partial charge in [-0.1, -0.05) is 44.2 Å². The summed E-state index contributed by atoms with van der Waals surface area (Å²) in [6.45, 7) is 6.68. The highest BCUT2D eigenvalue weighted by Crippen LogP contribution is 2.16. The van der Waals surface area contributed by atoms with Gasteiger partial charge in [0.1, 0.15) is 11.0 Å². The standard InChI is InChI=1S/C20H20N2S/c1-4-14(2)11-17-6-9-18(15(3)12-17)8-5-16-7-10-19-20(13-16)22-23-21-19/h6-7,9-10,12-14H,4,11H2,1-3H3. The Bertz CT molecular complexity index is 883. The summed E-state index contributed by atoms with van der Waals surface area (Å²) in [7, 11) is 0. The highest BCUT2D eigenvalue weighted by molar-refractivity contribution is 7.00. The molecule has 0 saturated heterocycles. The van der Waals surface area contributed by atoms with Gasteiger partial charge in [0, 0.05) is 11.1 Å². The normalized spacial score (nSPS) is 12.0. The Balaban J connectivity index is 1.82. The van der Waals surface area contributed by atoms with Crippen LogP contribution in [0.25, 0.3) is 11.0 Å². The highest BCUT2D eigenvalue weighted by atomic mass is 32.1. The van der Waals surface area contributed by atoms with E-state index in [1.807, 2.05) is 18.2 Å². The summed E-state index contributed by atoms with van der Waals surface area (Å²) in [6.07, 6.45) is 2.35. The van der Waals surface area contributed by atoms with E-state index in [2.05, 4.69) is 59.6 Å². The van der Waals surface area contributed by atoms with Gasteiger partial charge in [0.25, 0.3) is 0 Å². The van der Waals surface area contributed by atoms with Gasteiger partial charge in [-0.05, 0) is 54.7 Å². The molecule has 0 aliphatic heterocycles. The fourth-order valence-electron chi connectivity index (χ4n) is 2.54. The van der Waals surface area contributed by atoms with E-state index in [0.29, 0.717) is 0 Å². The lowest BCUT2D eigenvalue weighted by atomic mass is 9.96. The summed E-state index contributed by atoms with van der Waals surface area (Å²) >= 11 is 1.24. The van der Waals surface area contributed by atoms with Crippen molar-refractivity contribution in [3.63, 3.8) is 0 Å². The molecule has 23 heavy (non-hydrogen) atoms. The summed E-state index contributed by atoms with van der Waals surface area (Å²) in [5.74, 6) is 7.25. The second-order valence-electron chi connectivity index (χ2n) is 6.08. The van der Waals surface area contributed by atoms with Crippen molar-refractivity contribution in [1.29, 1.82) is 0 Å². The lowest BCUT2D eigenvalue weighted by Gasteiger charge is -2.09. The number of aryl methyl sites for hydroxylation is 1. The van der Waals surface area contributed by atoms with Crippen LogP contribution < -0.4 is 0 Å². The largest absolute Gasteiger partial charge is 0.173 e. The summed E-state index contributed by atoms with van der Waals surface area (Å²) in [5.41, 5.74) is 6.57. The van der Waals surface area contributed by atoms with Gasteiger partial charge >= 0.3 is 0 Å². The summed E-state index contributed by atoms with van der Waals surface area (Å²) in [6, 6.07) is 12.6. The zero-order chi connectivity index (χ0) is 16.2. The van der Waals surface area contributed by atoms with Crippen LogP contribution in [-0.4, -0.2) is 8.75 Å². The molecule has 0 saturated carbocycles. The molecule has 0 fully saturated rings. The number of aromatic nitrogens is 2. The molecule has 3 rings (SSSR count). The molecule has 116 valence electrons. The van der Waals surface area contributed by atoms with Crippen molar-refractivity contribution < 1.29 is 0 Å². The lowest BCUT2D eigenvalue weighted by molar-refractivity contribution is 0.560. The third kappa shape index (κ3) is 3.78. The third-order valence-electron chi connectivity index (χ3n) is 4.17. The van der Waals surface area contributed by atoms with E-state index in [1.54, 1.807) is 0 Å². The van der Waals surface area contributed by atoms with Crippen LogP contribution in [0.1, 0.15) is 42.5 Å². The van der Waals surface area contributed by atoms with Crippen molar-refractivity contribution in [2.45, 2.75) is 33.6 Å². The summed E-state index contributed by atoms with van der Waals surface area (Å²) in [4.78, 5) is 0. The zero-order valence-electron chi connectivity index (χ0n) is 13.8. The van der Waals surface area contributed by atoms with Crippen LogP contribution in [0.2, 0.25) is 0 Å². The van der Waals surface area contributed by atoms with E-state index in [9.17, 15) is 0 Å². The van der Waals surface area contributed by atoms with E-state index in [-0.39, 0.29) is 0 Å². The van der Waals surface area contributed by atoms with Crippen LogP contribution in [-0.2, 0) is 6.42 Å². The Kier molecular flexibility index (Phi) is 4.73. The van der Waals surface area contributed by atoms with E-state index in [1.165, 1.54) is 29.3 Å². The minimum Gasteiger partial charge on any atom is -0.173 e. The quantitative estimate of drug-likeness (QED) is 0.635. The van der Waals surface area contributed by atoms with Crippen molar-refractivity contribution in [3.05, 3.63) is 58.7 Å². The number of nitrogens with zero attached hydrogens (tertiary/aromatic N) is 2. The van der Waals surface area contributed by atoms with Crippen molar-refractivity contribution in [2.75, 3.05) is 0 Å². The van der Waals surface area contributed by atoms with Crippen LogP contribution in [0.15, 0.2) is 36.4 Å². The smallest absolute Gasteiger partial charge is 0.106 e. The third-order valence-corrected chi connectivity index (χ3v) is 4.72. The molecular weight excluding hydrogens is 300 g/mol. The van der Waals surface area contributed by atoms with Crippen LogP contribution in [0.5, 0.6) is 0 Å². The molecule has 0 N–H and O–H groups in total. The van der Waals surface area contributed by atoms with E-state index >= 15 is 0 Å². The van der Waals surface area contributed by atoms with E-state index in [0.717, 1.165) is 34.5 Å².